The van der Waals surface area contributed by atoms with Crippen LogP contribution in [0.25, 0.3) is 11.0 Å². The molecule has 10 heteroatoms. The molecular weight excluding hydrogens is 392 g/mol. The average molecular weight is 409 g/mol. The molecule has 0 aliphatic heterocycles. The van der Waals surface area contributed by atoms with Crippen LogP contribution in [0, 0.1) is 0 Å². The van der Waals surface area contributed by atoms with Crippen molar-refractivity contribution in [1.29, 1.82) is 0 Å². The van der Waals surface area contributed by atoms with E-state index in [2.05, 4.69) is 15.6 Å². The van der Waals surface area contributed by atoms with Crippen molar-refractivity contribution in [3.05, 3.63) is 39.7 Å². The number of halogens is 1. The largest absolute Gasteiger partial charge is 0.462 e. The van der Waals surface area contributed by atoms with Crippen molar-refractivity contribution in [1.82, 2.24) is 15.2 Å². The fraction of sp³-hybridized carbons (Fsp3) is 0.294. The molecule has 0 fully saturated rings. The number of fused-ring (bicyclic) bond motifs is 1. The number of esters is 1. The van der Waals surface area contributed by atoms with Gasteiger partial charge in [0.15, 0.2) is 6.61 Å². The lowest BCUT2D eigenvalue weighted by Crippen LogP contribution is -2.26. The van der Waals surface area contributed by atoms with Crippen molar-refractivity contribution in [2.24, 2.45) is 0 Å². The molecule has 0 aliphatic rings. The van der Waals surface area contributed by atoms with E-state index in [-0.39, 0.29) is 13.2 Å². The van der Waals surface area contributed by atoms with Gasteiger partial charge < -0.3 is 14.9 Å². The maximum atomic E-state index is 12.3. The number of nitrogens with zero attached hydrogens (tertiary/aromatic N) is 3. The van der Waals surface area contributed by atoms with Crippen LogP contribution in [0.1, 0.15) is 29.1 Å². The molecule has 3 aromatic rings. The van der Waals surface area contributed by atoms with E-state index in [9.17, 15) is 9.59 Å². The van der Waals surface area contributed by atoms with Crippen LogP contribution >= 0.6 is 22.9 Å². The summed E-state index contributed by atoms with van der Waals surface area (Å²) in [4.78, 5) is 31.8. The number of anilines is 1. The van der Waals surface area contributed by atoms with Gasteiger partial charge in [0.25, 0.3) is 5.91 Å². The Kier molecular flexibility index (Phi) is 5.92. The maximum Gasteiger partial charge on any atom is 0.341 e. The van der Waals surface area contributed by atoms with Crippen LogP contribution < -0.4 is 10.2 Å². The van der Waals surface area contributed by atoms with Crippen molar-refractivity contribution >= 4 is 50.8 Å². The Morgan fingerprint density at radius 1 is 1.30 bits per heavy atom. The van der Waals surface area contributed by atoms with Crippen LogP contribution in [0.4, 0.5) is 5.00 Å². The molecule has 142 valence electrons. The summed E-state index contributed by atoms with van der Waals surface area (Å²) in [6, 6.07) is 6.76. The second-order valence-corrected chi connectivity index (χ2v) is 7.02. The molecule has 8 nitrogen and oxygen atoms in total. The highest BCUT2D eigenvalue weighted by Crippen LogP contribution is 2.29. The lowest BCUT2D eigenvalue weighted by molar-refractivity contribution is -0.121. The maximum absolute atomic E-state index is 12.3. The van der Waals surface area contributed by atoms with Gasteiger partial charge in [0.05, 0.1) is 12.2 Å². The van der Waals surface area contributed by atoms with Gasteiger partial charge in [-0.25, -0.2) is 4.79 Å². The van der Waals surface area contributed by atoms with Crippen molar-refractivity contribution in [3.8, 4) is 0 Å². The molecule has 3 rings (SSSR count). The Bertz CT molecular complexity index is 985. The summed E-state index contributed by atoms with van der Waals surface area (Å²) in [6.45, 7) is 3.64. The summed E-state index contributed by atoms with van der Waals surface area (Å²) in [6.07, 6.45) is 0.745. The minimum absolute atomic E-state index is 0.259. The van der Waals surface area contributed by atoms with Gasteiger partial charge in [-0.15, -0.1) is 16.4 Å². The molecule has 0 radical (unpaired) electrons. The Morgan fingerprint density at radius 2 is 2.11 bits per heavy atom. The fourth-order valence-electron chi connectivity index (χ4n) is 2.32. The highest BCUT2D eigenvalue weighted by Gasteiger charge is 2.19. The molecular formula is C17H17ClN4O4S. The Labute approximate surface area is 164 Å². The molecule has 1 N–H and O–H groups in total. The summed E-state index contributed by atoms with van der Waals surface area (Å²) >= 11 is 7.29. The first-order valence-corrected chi connectivity index (χ1v) is 9.45. The van der Waals surface area contributed by atoms with Gasteiger partial charge >= 0.3 is 5.97 Å². The lowest BCUT2D eigenvalue weighted by Gasteiger charge is -2.07. The number of ether oxygens (including phenoxy) is 1. The summed E-state index contributed by atoms with van der Waals surface area (Å²) in [5.41, 5.74) is 1.48. The number of amides is 1. The average Bonchev–Trinajstić information content (AvgIpc) is 3.23. The number of carbonyl (C=O) groups is 2. The van der Waals surface area contributed by atoms with Gasteiger partial charge in [-0.1, -0.05) is 23.4 Å². The molecule has 0 atom stereocenters. The zero-order valence-electron chi connectivity index (χ0n) is 14.7. The number of rotatable bonds is 7. The Morgan fingerprint density at radius 3 is 2.85 bits per heavy atom. The topological polar surface area (TPSA) is 95.3 Å². The van der Waals surface area contributed by atoms with E-state index in [1.807, 2.05) is 6.92 Å². The highest BCUT2D eigenvalue weighted by molar-refractivity contribution is 7.16. The number of thiophene rings is 1. The van der Waals surface area contributed by atoms with Crippen molar-refractivity contribution in [3.63, 3.8) is 0 Å². The van der Waals surface area contributed by atoms with Gasteiger partial charge in [0.1, 0.15) is 16.0 Å². The van der Waals surface area contributed by atoms with E-state index in [0.29, 0.717) is 26.6 Å². The molecule has 0 aliphatic carbocycles. The lowest BCUT2D eigenvalue weighted by atomic mass is 10.2. The molecule has 0 spiro atoms. The zero-order valence-corrected chi connectivity index (χ0v) is 16.3. The van der Waals surface area contributed by atoms with E-state index in [1.165, 1.54) is 11.3 Å². The third kappa shape index (κ3) is 4.37. The molecule has 2 aromatic heterocycles. The second-order valence-electron chi connectivity index (χ2n) is 5.45. The first kappa shape index (κ1) is 19.1. The van der Waals surface area contributed by atoms with Crippen LogP contribution in [-0.4, -0.2) is 40.2 Å². The van der Waals surface area contributed by atoms with Gasteiger partial charge in [0.2, 0.25) is 0 Å². The van der Waals surface area contributed by atoms with Gasteiger partial charge in [0, 0.05) is 9.90 Å². The zero-order chi connectivity index (χ0) is 19.4. The normalized spacial score (nSPS) is 10.8. The number of nitrogens with one attached hydrogen (secondary N) is 1. The molecule has 1 amide bonds. The molecule has 0 saturated heterocycles. The number of hydrogen-bond donors (Lipinski definition) is 1. The smallest absolute Gasteiger partial charge is 0.341 e. The van der Waals surface area contributed by atoms with Crippen LogP contribution in [-0.2, 0) is 16.0 Å². The van der Waals surface area contributed by atoms with Crippen LogP contribution in [0.5, 0.6) is 0 Å². The van der Waals surface area contributed by atoms with E-state index < -0.39 is 11.9 Å². The number of aromatic nitrogens is 3. The number of aryl methyl sites for hydroxylation is 1. The van der Waals surface area contributed by atoms with Crippen LogP contribution in [0.15, 0.2) is 24.3 Å². The number of benzene rings is 1. The summed E-state index contributed by atoms with van der Waals surface area (Å²) < 4.78 is 5.04. The second kappa shape index (κ2) is 8.36. The summed E-state index contributed by atoms with van der Waals surface area (Å²) in [5, 5.41) is 11.4. The Balaban J connectivity index is 1.69. The standard InChI is InChI=1S/C17H17ClN4O4S/c1-3-11-8-12(17(24)25-4-2)16(27-11)19-15(23)9-26-22-14-7-10(18)5-6-13(14)20-21-22/h5-8H,3-4,9H2,1-2H3,(H,19,23). The predicted molar refractivity (Wildman–Crippen MR) is 102 cm³/mol. The van der Waals surface area contributed by atoms with Crippen molar-refractivity contribution < 1.29 is 19.2 Å². The molecule has 27 heavy (non-hydrogen) atoms. The van der Waals surface area contributed by atoms with Gasteiger partial charge in [-0.05, 0) is 42.8 Å². The third-order valence-electron chi connectivity index (χ3n) is 3.58. The molecule has 0 bridgehead atoms. The van der Waals surface area contributed by atoms with E-state index in [4.69, 9.17) is 21.2 Å². The molecule has 0 unspecified atom stereocenters. The summed E-state index contributed by atoms with van der Waals surface area (Å²) in [5.74, 6) is -0.905. The predicted octanol–water partition coefficient (Wildman–Crippen LogP) is 2.95. The number of carbonyl (C=O) groups excluding carboxylic acids is 2. The summed E-state index contributed by atoms with van der Waals surface area (Å²) in [7, 11) is 0. The van der Waals surface area contributed by atoms with E-state index >= 15 is 0 Å². The SMILES string of the molecule is CCOC(=O)c1cc(CC)sc1NC(=O)COn1nnc2ccc(Cl)cc21. The first-order chi connectivity index (χ1) is 13.0. The van der Waals surface area contributed by atoms with Crippen molar-refractivity contribution in [2.45, 2.75) is 20.3 Å². The minimum atomic E-state index is -0.471. The fourth-order valence-corrected chi connectivity index (χ4v) is 3.49. The van der Waals surface area contributed by atoms with Gasteiger partial charge in [-0.2, -0.15) is 0 Å². The number of hydrogen-bond acceptors (Lipinski definition) is 7. The highest BCUT2D eigenvalue weighted by atomic mass is 35.5. The molecule has 1 aromatic carbocycles. The first-order valence-electron chi connectivity index (χ1n) is 8.25. The van der Waals surface area contributed by atoms with Crippen molar-refractivity contribution in [2.75, 3.05) is 18.5 Å². The van der Waals surface area contributed by atoms with Crippen LogP contribution in [0.2, 0.25) is 5.02 Å². The molecule has 2 heterocycles. The minimum Gasteiger partial charge on any atom is -0.462 e. The third-order valence-corrected chi connectivity index (χ3v) is 5.00. The Hall–Kier alpha value is -2.65. The van der Waals surface area contributed by atoms with E-state index in [0.717, 1.165) is 16.1 Å². The monoisotopic (exact) mass is 408 g/mol. The van der Waals surface area contributed by atoms with Gasteiger partial charge in [-0.3, -0.25) is 4.79 Å². The van der Waals surface area contributed by atoms with E-state index in [1.54, 1.807) is 31.2 Å². The quantitative estimate of drug-likeness (QED) is 0.604. The molecule has 0 saturated carbocycles. The van der Waals surface area contributed by atoms with Crippen LogP contribution in [0.3, 0.4) is 0 Å².